The van der Waals surface area contributed by atoms with Gasteiger partial charge in [0.1, 0.15) is 0 Å². The van der Waals surface area contributed by atoms with Crippen molar-refractivity contribution in [2.45, 2.75) is 33.6 Å². The first-order valence-electron chi connectivity index (χ1n) is 4.04. The molecule has 1 atom stereocenters. The quantitative estimate of drug-likeness (QED) is 0.535. The maximum Gasteiger partial charge on any atom is 0.229 e. The summed E-state index contributed by atoms with van der Waals surface area (Å²) in [4.78, 5) is 21.2. The van der Waals surface area contributed by atoms with Crippen molar-refractivity contribution in [1.82, 2.24) is 5.32 Å². The Morgan fingerprint density at radius 1 is 1.36 bits per heavy atom. The van der Waals surface area contributed by atoms with Crippen LogP contribution in [0.5, 0.6) is 0 Å². The van der Waals surface area contributed by atoms with Gasteiger partial charge in [0.25, 0.3) is 0 Å². The normalized spacial score (nSPS) is 23.4. The summed E-state index contributed by atoms with van der Waals surface area (Å²) in [6, 6.07) is 0. The van der Waals surface area contributed by atoms with Crippen molar-refractivity contribution in [1.29, 1.82) is 0 Å². The minimum Gasteiger partial charge on any atom is -0.296 e. The van der Waals surface area contributed by atoms with E-state index in [0.29, 0.717) is 12.8 Å². The average molecular weight is 157 g/mol. The number of imide groups is 1. The van der Waals surface area contributed by atoms with Crippen molar-refractivity contribution in [3.63, 3.8) is 0 Å². The van der Waals surface area contributed by atoms with Gasteiger partial charge in [-0.3, -0.25) is 14.9 Å². The number of hydrogen-bond acceptors (Lipinski definition) is 2. The fourth-order valence-corrected chi connectivity index (χ4v) is 0.802. The van der Waals surface area contributed by atoms with E-state index in [9.17, 15) is 9.59 Å². The summed E-state index contributed by atoms with van der Waals surface area (Å²) in [5.41, 5.74) is 0. The van der Waals surface area contributed by atoms with E-state index in [1.165, 1.54) is 0 Å². The van der Waals surface area contributed by atoms with Crippen LogP contribution in [0.3, 0.4) is 0 Å². The number of piperidine rings is 1. The van der Waals surface area contributed by atoms with Crippen molar-refractivity contribution >= 4 is 11.8 Å². The lowest BCUT2D eigenvalue weighted by Crippen LogP contribution is -2.39. The van der Waals surface area contributed by atoms with E-state index >= 15 is 0 Å². The Balaban J connectivity index is 0.000000461. The van der Waals surface area contributed by atoms with Crippen molar-refractivity contribution in [2.75, 3.05) is 0 Å². The molecule has 1 fully saturated rings. The third kappa shape index (κ3) is 3.16. The second kappa shape index (κ2) is 4.88. The molecule has 1 heterocycles. The molecule has 1 aliphatic heterocycles. The van der Waals surface area contributed by atoms with E-state index in [2.05, 4.69) is 5.32 Å². The molecule has 11 heavy (non-hydrogen) atoms. The number of nitrogens with one attached hydrogen (secondary N) is 1. The Kier molecular flexibility index (Phi) is 4.50. The van der Waals surface area contributed by atoms with Crippen LogP contribution < -0.4 is 5.32 Å². The van der Waals surface area contributed by atoms with Crippen LogP contribution in [-0.4, -0.2) is 11.8 Å². The summed E-state index contributed by atoms with van der Waals surface area (Å²) in [5, 5.41) is 2.25. The van der Waals surface area contributed by atoms with Crippen LogP contribution >= 0.6 is 0 Å². The van der Waals surface area contributed by atoms with E-state index in [1.807, 2.05) is 20.8 Å². The van der Waals surface area contributed by atoms with Crippen molar-refractivity contribution in [2.24, 2.45) is 5.92 Å². The van der Waals surface area contributed by atoms with Crippen LogP contribution in [0.1, 0.15) is 33.6 Å². The molecule has 2 amide bonds. The monoisotopic (exact) mass is 157 g/mol. The average Bonchev–Trinajstić information content (AvgIpc) is 2.02. The summed E-state index contributed by atoms with van der Waals surface area (Å²) in [6.45, 7) is 5.82. The van der Waals surface area contributed by atoms with Gasteiger partial charge in [0.05, 0.1) is 0 Å². The standard InChI is InChI=1S/C6H9NO2.C2H6/c1-4-2-3-5(8)7-6(4)9;1-2/h4H,2-3H2,1H3,(H,7,8,9);1-2H3. The van der Waals surface area contributed by atoms with Crippen LogP contribution in [0.4, 0.5) is 0 Å². The molecule has 0 saturated carbocycles. The third-order valence-electron chi connectivity index (χ3n) is 1.51. The van der Waals surface area contributed by atoms with Crippen LogP contribution in [0.25, 0.3) is 0 Å². The van der Waals surface area contributed by atoms with E-state index in [1.54, 1.807) is 0 Å². The molecule has 0 aromatic carbocycles. The van der Waals surface area contributed by atoms with Crippen molar-refractivity contribution < 1.29 is 9.59 Å². The van der Waals surface area contributed by atoms with E-state index in [4.69, 9.17) is 0 Å². The largest absolute Gasteiger partial charge is 0.296 e. The maximum atomic E-state index is 10.7. The fraction of sp³-hybridized carbons (Fsp3) is 0.750. The molecule has 1 aliphatic rings. The highest BCUT2D eigenvalue weighted by Crippen LogP contribution is 2.09. The molecule has 3 nitrogen and oxygen atoms in total. The number of carbonyl (C=O) groups is 2. The smallest absolute Gasteiger partial charge is 0.229 e. The molecular weight excluding hydrogens is 142 g/mol. The number of carbonyl (C=O) groups excluding carboxylic acids is 2. The molecule has 64 valence electrons. The fourth-order valence-electron chi connectivity index (χ4n) is 0.802. The number of hydrogen-bond donors (Lipinski definition) is 1. The van der Waals surface area contributed by atoms with Gasteiger partial charge in [0.2, 0.25) is 11.8 Å². The Bertz CT molecular complexity index is 154. The van der Waals surface area contributed by atoms with Gasteiger partial charge in [-0.1, -0.05) is 20.8 Å². The lowest BCUT2D eigenvalue weighted by Gasteiger charge is -2.15. The Morgan fingerprint density at radius 3 is 2.27 bits per heavy atom. The van der Waals surface area contributed by atoms with Crippen LogP contribution in [0, 0.1) is 5.92 Å². The van der Waals surface area contributed by atoms with Crippen LogP contribution in [0.2, 0.25) is 0 Å². The first-order valence-corrected chi connectivity index (χ1v) is 4.04. The summed E-state index contributed by atoms with van der Waals surface area (Å²) in [5.74, 6) is -0.257. The second-order valence-electron chi connectivity index (χ2n) is 2.35. The predicted molar refractivity (Wildman–Crippen MR) is 42.9 cm³/mol. The second-order valence-corrected chi connectivity index (χ2v) is 2.35. The van der Waals surface area contributed by atoms with Crippen LogP contribution in [0.15, 0.2) is 0 Å². The number of amides is 2. The minimum absolute atomic E-state index is 0.0164. The SMILES string of the molecule is CC.CC1CCC(=O)NC1=O. The van der Waals surface area contributed by atoms with Gasteiger partial charge in [-0.15, -0.1) is 0 Å². The van der Waals surface area contributed by atoms with Crippen molar-refractivity contribution in [3.05, 3.63) is 0 Å². The lowest BCUT2D eigenvalue weighted by molar-refractivity contribution is -0.135. The summed E-state index contributed by atoms with van der Waals surface area (Å²) >= 11 is 0. The topological polar surface area (TPSA) is 46.2 Å². The van der Waals surface area contributed by atoms with Gasteiger partial charge >= 0.3 is 0 Å². The highest BCUT2D eigenvalue weighted by Gasteiger charge is 2.21. The molecule has 3 heteroatoms. The molecule has 0 aromatic heterocycles. The summed E-state index contributed by atoms with van der Waals surface area (Å²) in [6.07, 6.45) is 1.19. The maximum absolute atomic E-state index is 10.7. The summed E-state index contributed by atoms with van der Waals surface area (Å²) in [7, 11) is 0. The van der Waals surface area contributed by atoms with Crippen molar-refractivity contribution in [3.8, 4) is 0 Å². The first-order chi connectivity index (χ1) is 5.20. The molecule has 1 N–H and O–H groups in total. The number of rotatable bonds is 0. The van der Waals surface area contributed by atoms with Gasteiger partial charge in [-0.05, 0) is 6.42 Å². The van der Waals surface area contributed by atoms with E-state index in [0.717, 1.165) is 0 Å². The van der Waals surface area contributed by atoms with Gasteiger partial charge < -0.3 is 0 Å². The highest BCUT2D eigenvalue weighted by molar-refractivity contribution is 5.98. The lowest BCUT2D eigenvalue weighted by atomic mass is 10.0. The molecule has 1 unspecified atom stereocenters. The molecular formula is C8H15NO2. The Morgan fingerprint density at radius 2 is 1.91 bits per heavy atom. The zero-order chi connectivity index (χ0) is 8.85. The Labute approximate surface area is 67.2 Å². The molecule has 0 spiro atoms. The minimum atomic E-state index is -0.141. The molecule has 0 radical (unpaired) electrons. The molecule has 0 aliphatic carbocycles. The molecule has 0 aromatic rings. The van der Waals surface area contributed by atoms with E-state index < -0.39 is 0 Å². The molecule has 0 bridgehead atoms. The zero-order valence-corrected chi connectivity index (χ0v) is 7.31. The predicted octanol–water partition coefficient (Wildman–Crippen LogP) is 1.09. The van der Waals surface area contributed by atoms with Gasteiger partial charge in [-0.2, -0.15) is 0 Å². The van der Waals surface area contributed by atoms with Gasteiger partial charge in [0, 0.05) is 12.3 Å². The first kappa shape index (κ1) is 10.1. The van der Waals surface area contributed by atoms with E-state index in [-0.39, 0.29) is 17.7 Å². The third-order valence-corrected chi connectivity index (χ3v) is 1.51. The van der Waals surface area contributed by atoms with Crippen LogP contribution in [-0.2, 0) is 9.59 Å². The molecule has 1 rings (SSSR count). The van der Waals surface area contributed by atoms with Gasteiger partial charge in [0.15, 0.2) is 0 Å². The molecule has 1 saturated heterocycles. The Hall–Kier alpha value is -0.860. The summed E-state index contributed by atoms with van der Waals surface area (Å²) < 4.78 is 0. The van der Waals surface area contributed by atoms with Gasteiger partial charge in [-0.25, -0.2) is 0 Å². The zero-order valence-electron chi connectivity index (χ0n) is 7.31. The highest BCUT2D eigenvalue weighted by atomic mass is 16.2.